The monoisotopic (exact) mass is 198 g/mol. The van der Waals surface area contributed by atoms with Gasteiger partial charge in [-0.2, -0.15) is 0 Å². The number of carbonyl (C=O) groups excluding carboxylic acids is 1. The van der Waals surface area contributed by atoms with Crippen LogP contribution in [0.5, 0.6) is 0 Å². The summed E-state index contributed by atoms with van der Waals surface area (Å²) >= 11 is 0. The van der Waals surface area contributed by atoms with Crippen LogP contribution in [0, 0.1) is 5.82 Å². The Kier molecular flexibility index (Phi) is 3.03. The molecule has 14 heavy (non-hydrogen) atoms. The fourth-order valence-electron chi connectivity index (χ4n) is 0.957. The first-order chi connectivity index (χ1) is 6.56. The fourth-order valence-corrected chi connectivity index (χ4v) is 0.957. The molecule has 0 bridgehead atoms. The third-order valence-electron chi connectivity index (χ3n) is 1.78. The van der Waals surface area contributed by atoms with E-state index in [1.165, 1.54) is 26.3 Å². The maximum atomic E-state index is 13.2. The molecule has 1 aromatic carbocycles. The van der Waals surface area contributed by atoms with Crippen LogP contribution < -0.4 is 5.73 Å². The zero-order chi connectivity index (χ0) is 10.7. The Labute approximate surface area is 81.0 Å². The number of nitrogens with two attached hydrogens (primary N) is 1. The van der Waals surface area contributed by atoms with E-state index in [2.05, 4.69) is 4.84 Å². The first kappa shape index (κ1) is 10.5. The molecule has 0 fully saturated rings. The molecule has 1 rings (SSSR count). The molecule has 0 atom stereocenters. The van der Waals surface area contributed by atoms with Crippen molar-refractivity contribution in [2.45, 2.75) is 0 Å². The number of hydrogen-bond donors (Lipinski definition) is 1. The predicted octanol–water partition coefficient (Wildman–Crippen LogP) is 1.04. The van der Waals surface area contributed by atoms with E-state index in [0.29, 0.717) is 0 Å². The smallest absolute Gasteiger partial charge is 0.280 e. The number of anilines is 1. The molecule has 0 spiro atoms. The van der Waals surface area contributed by atoms with E-state index in [1.807, 2.05) is 0 Å². The van der Waals surface area contributed by atoms with Crippen LogP contribution >= 0.6 is 0 Å². The number of carbonyl (C=O) groups is 1. The molecule has 2 N–H and O–H groups in total. The SMILES string of the molecule is CON(C)C(=O)c1ccc(N)cc1F. The normalized spacial score (nSPS) is 9.93. The minimum Gasteiger partial charge on any atom is -0.399 e. The molecule has 0 saturated heterocycles. The quantitative estimate of drug-likeness (QED) is 0.570. The van der Waals surface area contributed by atoms with E-state index in [1.54, 1.807) is 0 Å². The summed E-state index contributed by atoms with van der Waals surface area (Å²) in [6.45, 7) is 0. The van der Waals surface area contributed by atoms with Gasteiger partial charge in [-0.3, -0.25) is 9.63 Å². The van der Waals surface area contributed by atoms with Gasteiger partial charge in [-0.25, -0.2) is 9.45 Å². The highest BCUT2D eigenvalue weighted by molar-refractivity contribution is 5.93. The minimum absolute atomic E-state index is 0.0662. The Morgan fingerprint density at radius 3 is 2.71 bits per heavy atom. The fraction of sp³-hybridized carbons (Fsp3) is 0.222. The summed E-state index contributed by atoms with van der Waals surface area (Å²) in [5.41, 5.74) is 5.55. The molecule has 4 nitrogen and oxygen atoms in total. The molecule has 0 aliphatic rings. The van der Waals surface area contributed by atoms with Gasteiger partial charge < -0.3 is 5.73 Å². The number of halogens is 1. The predicted molar refractivity (Wildman–Crippen MR) is 49.9 cm³/mol. The van der Waals surface area contributed by atoms with Gasteiger partial charge in [-0.15, -0.1) is 0 Å². The second kappa shape index (κ2) is 4.06. The van der Waals surface area contributed by atoms with Gasteiger partial charge in [-0.05, 0) is 18.2 Å². The molecule has 0 unspecified atom stereocenters. The highest BCUT2D eigenvalue weighted by Gasteiger charge is 2.15. The molecule has 0 heterocycles. The van der Waals surface area contributed by atoms with Gasteiger partial charge in [-0.1, -0.05) is 0 Å². The van der Waals surface area contributed by atoms with Gasteiger partial charge >= 0.3 is 0 Å². The molecule has 5 heteroatoms. The summed E-state index contributed by atoms with van der Waals surface area (Å²) in [4.78, 5) is 16.1. The standard InChI is InChI=1S/C9H11FN2O2/c1-12(14-2)9(13)7-4-3-6(11)5-8(7)10/h3-5H,11H2,1-2H3. The van der Waals surface area contributed by atoms with Crippen LogP contribution in [0.3, 0.4) is 0 Å². The Bertz CT molecular complexity index is 355. The second-order valence-electron chi connectivity index (χ2n) is 2.72. The van der Waals surface area contributed by atoms with Crippen molar-refractivity contribution in [2.75, 3.05) is 19.9 Å². The Balaban J connectivity index is 3.02. The van der Waals surface area contributed by atoms with Crippen LogP contribution in [0.25, 0.3) is 0 Å². The molecule has 1 aromatic rings. The largest absolute Gasteiger partial charge is 0.399 e. The van der Waals surface area contributed by atoms with Crippen molar-refractivity contribution in [2.24, 2.45) is 0 Å². The summed E-state index contributed by atoms with van der Waals surface area (Å²) in [7, 11) is 2.73. The van der Waals surface area contributed by atoms with Gasteiger partial charge in [0.2, 0.25) is 0 Å². The van der Waals surface area contributed by atoms with Gasteiger partial charge in [0.25, 0.3) is 5.91 Å². The van der Waals surface area contributed by atoms with Gasteiger partial charge in [0.05, 0.1) is 12.7 Å². The number of hydrogen-bond acceptors (Lipinski definition) is 3. The maximum Gasteiger partial charge on any atom is 0.280 e. The number of nitrogens with zero attached hydrogens (tertiary/aromatic N) is 1. The van der Waals surface area contributed by atoms with Crippen molar-refractivity contribution in [1.29, 1.82) is 0 Å². The van der Waals surface area contributed by atoms with E-state index >= 15 is 0 Å². The lowest BCUT2D eigenvalue weighted by Gasteiger charge is -2.13. The average Bonchev–Trinajstić information content (AvgIpc) is 2.15. The number of hydroxylamine groups is 2. The zero-order valence-electron chi connectivity index (χ0n) is 7.95. The van der Waals surface area contributed by atoms with Crippen LogP contribution in [0.1, 0.15) is 10.4 Å². The van der Waals surface area contributed by atoms with Crippen molar-refractivity contribution in [1.82, 2.24) is 5.06 Å². The summed E-state index contributed by atoms with van der Waals surface area (Å²) in [6.07, 6.45) is 0. The lowest BCUT2D eigenvalue weighted by atomic mass is 10.2. The van der Waals surface area contributed by atoms with Gasteiger partial charge in [0.1, 0.15) is 5.82 Å². The van der Waals surface area contributed by atoms with Gasteiger partial charge in [0.15, 0.2) is 0 Å². The van der Waals surface area contributed by atoms with Crippen molar-refractivity contribution < 1.29 is 14.0 Å². The topological polar surface area (TPSA) is 55.6 Å². The zero-order valence-corrected chi connectivity index (χ0v) is 7.95. The van der Waals surface area contributed by atoms with Crippen molar-refractivity contribution >= 4 is 11.6 Å². The number of nitrogen functional groups attached to an aromatic ring is 1. The van der Waals surface area contributed by atoms with Crippen LogP contribution in [0.15, 0.2) is 18.2 Å². The Morgan fingerprint density at radius 2 is 2.21 bits per heavy atom. The highest BCUT2D eigenvalue weighted by Crippen LogP contribution is 2.13. The molecule has 0 saturated carbocycles. The van der Waals surface area contributed by atoms with Crippen molar-refractivity contribution in [3.8, 4) is 0 Å². The lowest BCUT2D eigenvalue weighted by Crippen LogP contribution is -2.26. The molecule has 1 amide bonds. The molecular weight excluding hydrogens is 187 g/mol. The minimum atomic E-state index is -0.654. The summed E-state index contributed by atoms with van der Waals surface area (Å²) in [5, 5.41) is 0.939. The van der Waals surface area contributed by atoms with Crippen molar-refractivity contribution in [3.05, 3.63) is 29.6 Å². The van der Waals surface area contributed by atoms with Crippen molar-refractivity contribution in [3.63, 3.8) is 0 Å². The molecule has 0 aliphatic carbocycles. The van der Waals surface area contributed by atoms with E-state index in [0.717, 1.165) is 11.1 Å². The van der Waals surface area contributed by atoms with E-state index in [-0.39, 0.29) is 11.3 Å². The summed E-state index contributed by atoms with van der Waals surface area (Å²) in [6, 6.07) is 3.87. The lowest BCUT2D eigenvalue weighted by molar-refractivity contribution is -0.0759. The number of amides is 1. The van der Waals surface area contributed by atoms with Crippen LogP contribution in [0.4, 0.5) is 10.1 Å². The number of benzene rings is 1. The Hall–Kier alpha value is -1.62. The first-order valence-electron chi connectivity index (χ1n) is 3.93. The second-order valence-corrected chi connectivity index (χ2v) is 2.72. The van der Waals surface area contributed by atoms with Crippen LogP contribution in [-0.4, -0.2) is 25.1 Å². The first-order valence-corrected chi connectivity index (χ1v) is 3.93. The third kappa shape index (κ3) is 2.00. The average molecular weight is 198 g/mol. The van der Waals surface area contributed by atoms with E-state index in [9.17, 15) is 9.18 Å². The van der Waals surface area contributed by atoms with E-state index < -0.39 is 11.7 Å². The Morgan fingerprint density at radius 1 is 1.57 bits per heavy atom. The summed E-state index contributed by atoms with van der Waals surface area (Å²) in [5.74, 6) is -1.20. The third-order valence-corrected chi connectivity index (χ3v) is 1.78. The molecule has 0 aliphatic heterocycles. The van der Waals surface area contributed by atoms with Crippen LogP contribution in [-0.2, 0) is 4.84 Å². The van der Waals surface area contributed by atoms with E-state index in [4.69, 9.17) is 5.73 Å². The molecule has 0 radical (unpaired) electrons. The molecule has 0 aromatic heterocycles. The molecular formula is C9H11FN2O2. The summed E-state index contributed by atoms with van der Waals surface area (Å²) < 4.78 is 13.2. The highest BCUT2D eigenvalue weighted by atomic mass is 19.1. The molecule has 76 valence electrons. The number of rotatable bonds is 2. The van der Waals surface area contributed by atoms with Crippen LogP contribution in [0.2, 0.25) is 0 Å². The van der Waals surface area contributed by atoms with Gasteiger partial charge in [0, 0.05) is 12.7 Å². The maximum absolute atomic E-state index is 13.2.